The van der Waals surface area contributed by atoms with Crippen LogP contribution in [0.25, 0.3) is 0 Å². The normalized spacial score (nSPS) is 12.0. The molecule has 0 fully saturated rings. The van der Waals surface area contributed by atoms with Crippen molar-refractivity contribution >= 4 is 39.9 Å². The number of hydrogen-bond acceptors (Lipinski definition) is 6. The average Bonchev–Trinajstić information content (AvgIpc) is 3.06. The minimum Gasteiger partial charge on any atom is -0.466 e. The minimum atomic E-state index is -0.534. The Bertz CT molecular complexity index is 756. The quantitative estimate of drug-likeness (QED) is 0.790. The number of amides is 1. The molecule has 24 heavy (non-hydrogen) atoms. The largest absolute Gasteiger partial charge is 0.466 e. The molecule has 0 aliphatic carbocycles. The molecule has 1 amide bonds. The van der Waals surface area contributed by atoms with Gasteiger partial charge in [-0.2, -0.15) is 5.10 Å². The number of carbonyl (C=O) groups is 2. The van der Waals surface area contributed by atoms with Gasteiger partial charge in [0.15, 0.2) is 5.13 Å². The number of halogens is 1. The van der Waals surface area contributed by atoms with Crippen LogP contribution in [0.1, 0.15) is 37.0 Å². The van der Waals surface area contributed by atoms with Crippen molar-refractivity contribution in [2.75, 3.05) is 11.9 Å². The highest BCUT2D eigenvalue weighted by Gasteiger charge is 2.21. The highest BCUT2D eigenvalue weighted by atomic mass is 35.5. The van der Waals surface area contributed by atoms with E-state index in [1.165, 1.54) is 11.3 Å². The van der Waals surface area contributed by atoms with E-state index in [1.807, 2.05) is 6.92 Å². The van der Waals surface area contributed by atoms with Crippen LogP contribution in [0.2, 0.25) is 5.02 Å². The molecule has 2 heterocycles. The third-order valence-corrected chi connectivity index (χ3v) is 4.75. The van der Waals surface area contributed by atoms with Crippen molar-refractivity contribution in [3.63, 3.8) is 0 Å². The number of nitrogens with zero attached hydrogens (tertiary/aromatic N) is 3. The van der Waals surface area contributed by atoms with Gasteiger partial charge in [0.25, 0.3) is 5.91 Å². The summed E-state index contributed by atoms with van der Waals surface area (Å²) >= 11 is 7.37. The van der Waals surface area contributed by atoms with E-state index in [1.54, 1.807) is 30.8 Å². The minimum absolute atomic E-state index is 0.0861. The molecule has 0 spiro atoms. The molecule has 0 bridgehead atoms. The molecule has 0 aliphatic rings. The highest BCUT2D eigenvalue weighted by molar-refractivity contribution is 7.13. The second-order valence-corrected chi connectivity index (χ2v) is 6.46. The zero-order valence-electron chi connectivity index (χ0n) is 13.9. The molecular formula is C15H19ClN4O3S. The van der Waals surface area contributed by atoms with Gasteiger partial charge in [-0.3, -0.25) is 14.3 Å². The van der Waals surface area contributed by atoms with Crippen LogP contribution in [-0.4, -0.2) is 33.2 Å². The van der Waals surface area contributed by atoms with Crippen LogP contribution in [0, 0.1) is 13.8 Å². The van der Waals surface area contributed by atoms with Gasteiger partial charge in [-0.25, -0.2) is 4.98 Å². The second kappa shape index (κ2) is 7.76. The Hall–Kier alpha value is -1.93. The van der Waals surface area contributed by atoms with Gasteiger partial charge in [0, 0.05) is 5.38 Å². The van der Waals surface area contributed by atoms with Crippen LogP contribution in [0.15, 0.2) is 5.38 Å². The molecule has 1 N–H and O–H groups in total. The average molecular weight is 371 g/mol. The number of anilines is 1. The van der Waals surface area contributed by atoms with Crippen molar-refractivity contribution in [1.82, 2.24) is 14.8 Å². The van der Waals surface area contributed by atoms with Gasteiger partial charge in [0.1, 0.15) is 6.04 Å². The first kappa shape index (κ1) is 18.4. The van der Waals surface area contributed by atoms with Crippen molar-refractivity contribution < 1.29 is 14.3 Å². The lowest BCUT2D eigenvalue weighted by Crippen LogP contribution is -2.25. The van der Waals surface area contributed by atoms with Crippen molar-refractivity contribution in [2.45, 2.75) is 40.2 Å². The lowest BCUT2D eigenvalue weighted by Gasteiger charge is -2.13. The highest BCUT2D eigenvalue weighted by Crippen LogP contribution is 2.23. The van der Waals surface area contributed by atoms with Gasteiger partial charge in [0.2, 0.25) is 0 Å². The third kappa shape index (κ3) is 4.12. The molecule has 7 nitrogen and oxygen atoms in total. The Labute approximate surface area is 149 Å². The molecule has 0 radical (unpaired) electrons. The van der Waals surface area contributed by atoms with Crippen molar-refractivity contribution in [3.8, 4) is 0 Å². The predicted molar refractivity (Wildman–Crippen MR) is 92.5 cm³/mol. The number of thiazole rings is 1. The number of ether oxygens (including phenoxy) is 1. The van der Waals surface area contributed by atoms with E-state index in [0.717, 1.165) is 5.69 Å². The van der Waals surface area contributed by atoms with Crippen molar-refractivity contribution in [2.24, 2.45) is 0 Å². The van der Waals surface area contributed by atoms with Crippen LogP contribution in [0.5, 0.6) is 0 Å². The van der Waals surface area contributed by atoms with Gasteiger partial charge >= 0.3 is 5.97 Å². The summed E-state index contributed by atoms with van der Waals surface area (Å²) in [5, 5.41) is 9.72. The molecular weight excluding hydrogens is 352 g/mol. The summed E-state index contributed by atoms with van der Waals surface area (Å²) in [7, 11) is 0. The van der Waals surface area contributed by atoms with Crippen molar-refractivity contribution in [1.29, 1.82) is 0 Å². The van der Waals surface area contributed by atoms with Crippen LogP contribution < -0.4 is 5.32 Å². The summed E-state index contributed by atoms with van der Waals surface area (Å²) < 4.78 is 6.46. The standard InChI is InChI=1S/C15H19ClN4O3S/c1-5-23-12(21)6-11-7-24-15(17-11)18-14(22)10(4)20-9(3)13(16)8(2)19-20/h7,10H,5-6H2,1-4H3,(H,17,18,22). The van der Waals surface area contributed by atoms with Gasteiger partial charge in [0.05, 0.1) is 35.1 Å². The van der Waals surface area contributed by atoms with E-state index in [4.69, 9.17) is 16.3 Å². The predicted octanol–water partition coefficient (Wildman–Crippen LogP) is 2.92. The maximum Gasteiger partial charge on any atom is 0.311 e. The van der Waals surface area contributed by atoms with E-state index in [0.29, 0.717) is 28.1 Å². The second-order valence-electron chi connectivity index (χ2n) is 5.22. The number of carbonyl (C=O) groups excluding carboxylic acids is 2. The van der Waals surface area contributed by atoms with Gasteiger partial charge < -0.3 is 10.1 Å². The number of aromatic nitrogens is 3. The van der Waals surface area contributed by atoms with Gasteiger partial charge in [-0.1, -0.05) is 11.6 Å². The van der Waals surface area contributed by atoms with Gasteiger partial charge in [-0.15, -0.1) is 11.3 Å². The van der Waals surface area contributed by atoms with E-state index in [2.05, 4.69) is 15.4 Å². The smallest absolute Gasteiger partial charge is 0.311 e. The maximum atomic E-state index is 12.4. The zero-order valence-corrected chi connectivity index (χ0v) is 15.5. The van der Waals surface area contributed by atoms with Crippen LogP contribution in [0.4, 0.5) is 5.13 Å². The summed E-state index contributed by atoms with van der Waals surface area (Å²) in [6.45, 7) is 7.41. The summed E-state index contributed by atoms with van der Waals surface area (Å²) in [5.74, 6) is -0.597. The van der Waals surface area contributed by atoms with E-state index < -0.39 is 6.04 Å². The van der Waals surface area contributed by atoms with Gasteiger partial charge in [-0.05, 0) is 27.7 Å². The first-order valence-corrected chi connectivity index (χ1v) is 8.71. The lowest BCUT2D eigenvalue weighted by molar-refractivity contribution is -0.142. The molecule has 1 atom stereocenters. The molecule has 1 unspecified atom stereocenters. The maximum absolute atomic E-state index is 12.4. The Morgan fingerprint density at radius 2 is 2.17 bits per heavy atom. The molecule has 0 aromatic carbocycles. The SMILES string of the molecule is CCOC(=O)Cc1csc(NC(=O)C(C)n2nc(C)c(Cl)c2C)n1. The summed E-state index contributed by atoms with van der Waals surface area (Å²) in [6.07, 6.45) is 0.0861. The fourth-order valence-electron chi connectivity index (χ4n) is 2.15. The first-order valence-electron chi connectivity index (χ1n) is 7.45. The molecule has 130 valence electrons. The topological polar surface area (TPSA) is 86.1 Å². The molecule has 2 rings (SSSR count). The number of esters is 1. The Morgan fingerprint density at radius 1 is 1.46 bits per heavy atom. The third-order valence-electron chi connectivity index (χ3n) is 3.40. The lowest BCUT2D eigenvalue weighted by atomic mass is 10.3. The Morgan fingerprint density at radius 3 is 2.75 bits per heavy atom. The summed E-state index contributed by atoms with van der Waals surface area (Å²) in [4.78, 5) is 28.0. The summed E-state index contributed by atoms with van der Waals surface area (Å²) in [6, 6.07) is -0.534. The van der Waals surface area contributed by atoms with Crippen LogP contribution in [0.3, 0.4) is 0 Å². The van der Waals surface area contributed by atoms with Crippen LogP contribution in [-0.2, 0) is 20.7 Å². The monoisotopic (exact) mass is 370 g/mol. The number of nitrogens with one attached hydrogen (secondary N) is 1. The fraction of sp³-hybridized carbons (Fsp3) is 0.467. The molecule has 0 aliphatic heterocycles. The molecule has 0 saturated heterocycles. The number of aryl methyl sites for hydroxylation is 1. The van der Waals surface area contributed by atoms with Crippen molar-refractivity contribution in [3.05, 3.63) is 27.5 Å². The van der Waals surface area contributed by atoms with E-state index >= 15 is 0 Å². The molecule has 9 heteroatoms. The number of rotatable bonds is 6. The molecule has 0 saturated carbocycles. The first-order chi connectivity index (χ1) is 11.3. The molecule has 2 aromatic rings. The summed E-state index contributed by atoms with van der Waals surface area (Å²) in [5.41, 5.74) is 1.98. The fourth-order valence-corrected chi connectivity index (χ4v) is 2.98. The van der Waals surface area contributed by atoms with Crippen LogP contribution >= 0.6 is 22.9 Å². The zero-order chi connectivity index (χ0) is 17.9. The molecule has 2 aromatic heterocycles. The Kier molecular flexibility index (Phi) is 5.95. The Balaban J connectivity index is 2.03. The van der Waals surface area contributed by atoms with E-state index in [9.17, 15) is 9.59 Å². The number of hydrogen-bond donors (Lipinski definition) is 1. The van der Waals surface area contributed by atoms with E-state index in [-0.39, 0.29) is 18.3 Å².